The molecule has 1 aliphatic carbocycles. The SMILES string of the molecule is Cc1cccc(NC(=O)Cn2c(CN(C)C)nc3sc4c(c3c2=O)CCC(C)C4)c1. The first-order chi connectivity index (χ1) is 14.3. The molecule has 2 heterocycles. The van der Waals surface area contributed by atoms with Gasteiger partial charge in [0.15, 0.2) is 0 Å². The Balaban J connectivity index is 1.74. The molecule has 0 bridgehead atoms. The van der Waals surface area contributed by atoms with E-state index >= 15 is 0 Å². The summed E-state index contributed by atoms with van der Waals surface area (Å²) >= 11 is 1.65. The zero-order chi connectivity index (χ0) is 21.4. The number of aromatic nitrogens is 2. The second-order valence-electron chi connectivity index (χ2n) is 8.61. The minimum absolute atomic E-state index is 0.0418. The largest absolute Gasteiger partial charge is 0.325 e. The average Bonchev–Trinajstić information content (AvgIpc) is 3.01. The third-order valence-electron chi connectivity index (χ3n) is 5.56. The highest BCUT2D eigenvalue weighted by molar-refractivity contribution is 7.18. The number of nitrogens with zero attached hydrogens (tertiary/aromatic N) is 3. The molecule has 7 heteroatoms. The average molecular weight is 425 g/mol. The zero-order valence-corrected chi connectivity index (χ0v) is 18.8. The first kappa shape index (κ1) is 20.8. The van der Waals surface area contributed by atoms with Crippen molar-refractivity contribution in [3.63, 3.8) is 0 Å². The number of anilines is 1. The van der Waals surface area contributed by atoms with Crippen molar-refractivity contribution in [2.45, 2.75) is 46.2 Å². The number of hydrogen-bond donors (Lipinski definition) is 1. The molecule has 4 rings (SSSR count). The first-order valence-electron chi connectivity index (χ1n) is 10.4. The standard InChI is InChI=1S/C23H28N4O2S/c1-14-6-5-7-16(10-14)24-20(28)13-27-19(12-26(3)4)25-22-21(23(27)29)17-9-8-15(2)11-18(17)30-22/h5-7,10,15H,8-9,11-13H2,1-4H3,(H,24,28). The van der Waals surface area contributed by atoms with Crippen molar-refractivity contribution < 1.29 is 4.79 Å². The second-order valence-corrected chi connectivity index (χ2v) is 9.69. The molecule has 0 saturated heterocycles. The Morgan fingerprint density at radius 2 is 2.17 bits per heavy atom. The van der Waals surface area contributed by atoms with Crippen LogP contribution in [0.1, 0.15) is 35.2 Å². The Kier molecular flexibility index (Phi) is 5.75. The minimum atomic E-state index is -0.221. The van der Waals surface area contributed by atoms with Crippen LogP contribution in [0.3, 0.4) is 0 Å². The molecular formula is C23H28N4O2S. The van der Waals surface area contributed by atoms with Gasteiger partial charge in [0.05, 0.1) is 11.9 Å². The highest BCUT2D eigenvalue weighted by Crippen LogP contribution is 2.35. The topological polar surface area (TPSA) is 67.2 Å². The number of aryl methyl sites for hydroxylation is 2. The summed E-state index contributed by atoms with van der Waals surface area (Å²) in [5.74, 6) is 1.04. The molecule has 158 valence electrons. The molecule has 1 aromatic carbocycles. The number of amides is 1. The van der Waals surface area contributed by atoms with Gasteiger partial charge in [-0.3, -0.25) is 14.2 Å². The molecule has 0 spiro atoms. The number of carbonyl (C=O) groups is 1. The molecule has 30 heavy (non-hydrogen) atoms. The predicted octanol–water partition coefficient (Wildman–Crippen LogP) is 3.59. The lowest BCUT2D eigenvalue weighted by atomic mass is 9.89. The summed E-state index contributed by atoms with van der Waals surface area (Å²) in [6.45, 7) is 4.70. The molecule has 1 atom stereocenters. The van der Waals surface area contributed by atoms with Gasteiger partial charge in [0.2, 0.25) is 5.91 Å². The van der Waals surface area contributed by atoms with Crippen molar-refractivity contribution in [3.8, 4) is 0 Å². The monoisotopic (exact) mass is 424 g/mol. The minimum Gasteiger partial charge on any atom is -0.325 e. The van der Waals surface area contributed by atoms with E-state index in [0.717, 1.165) is 40.9 Å². The number of benzene rings is 1. The van der Waals surface area contributed by atoms with Crippen molar-refractivity contribution in [2.75, 3.05) is 19.4 Å². The fourth-order valence-electron chi connectivity index (χ4n) is 4.10. The normalized spacial score (nSPS) is 16.1. The lowest BCUT2D eigenvalue weighted by Crippen LogP contribution is -2.33. The van der Waals surface area contributed by atoms with Gasteiger partial charge in [-0.15, -0.1) is 11.3 Å². The zero-order valence-electron chi connectivity index (χ0n) is 18.0. The van der Waals surface area contributed by atoms with E-state index in [0.29, 0.717) is 23.7 Å². The summed E-state index contributed by atoms with van der Waals surface area (Å²) in [4.78, 5) is 35.2. The second kappa shape index (κ2) is 8.32. The van der Waals surface area contributed by atoms with Gasteiger partial charge in [-0.05, 0) is 69.5 Å². The molecule has 1 unspecified atom stereocenters. The van der Waals surface area contributed by atoms with E-state index < -0.39 is 0 Å². The van der Waals surface area contributed by atoms with E-state index in [-0.39, 0.29) is 18.0 Å². The van der Waals surface area contributed by atoms with Gasteiger partial charge in [-0.2, -0.15) is 0 Å². The molecule has 0 aliphatic heterocycles. The molecule has 6 nitrogen and oxygen atoms in total. The van der Waals surface area contributed by atoms with Crippen LogP contribution in [0, 0.1) is 12.8 Å². The maximum atomic E-state index is 13.5. The maximum absolute atomic E-state index is 13.5. The molecule has 3 aromatic rings. The van der Waals surface area contributed by atoms with Crippen molar-refractivity contribution in [2.24, 2.45) is 5.92 Å². The van der Waals surface area contributed by atoms with Crippen molar-refractivity contribution in [1.82, 2.24) is 14.5 Å². The number of carbonyl (C=O) groups excluding carboxylic acids is 1. The van der Waals surface area contributed by atoms with Crippen molar-refractivity contribution >= 4 is 33.1 Å². The Bertz CT molecular complexity index is 1160. The van der Waals surface area contributed by atoms with E-state index in [2.05, 4.69) is 12.2 Å². The van der Waals surface area contributed by atoms with Crippen LogP contribution in [-0.2, 0) is 30.7 Å². The lowest BCUT2D eigenvalue weighted by Gasteiger charge is -2.18. The summed E-state index contributed by atoms with van der Waals surface area (Å²) in [6.07, 6.45) is 3.01. The highest BCUT2D eigenvalue weighted by Gasteiger charge is 2.25. The van der Waals surface area contributed by atoms with Crippen molar-refractivity contribution in [3.05, 3.63) is 56.4 Å². The summed E-state index contributed by atoms with van der Waals surface area (Å²) in [5.41, 5.74) is 2.86. The van der Waals surface area contributed by atoms with Crippen LogP contribution in [0.25, 0.3) is 10.2 Å². The van der Waals surface area contributed by atoms with Crippen LogP contribution in [0.15, 0.2) is 29.1 Å². The van der Waals surface area contributed by atoms with Gasteiger partial charge in [-0.1, -0.05) is 19.1 Å². The Hall–Kier alpha value is -2.51. The predicted molar refractivity (Wildman–Crippen MR) is 122 cm³/mol. The molecule has 0 radical (unpaired) electrons. The Morgan fingerprint density at radius 1 is 1.37 bits per heavy atom. The number of hydrogen-bond acceptors (Lipinski definition) is 5. The van der Waals surface area contributed by atoms with Gasteiger partial charge < -0.3 is 10.2 Å². The number of thiophene rings is 1. The van der Waals surface area contributed by atoms with Crippen LogP contribution >= 0.6 is 11.3 Å². The molecule has 1 N–H and O–H groups in total. The van der Waals surface area contributed by atoms with Crippen molar-refractivity contribution in [1.29, 1.82) is 0 Å². The van der Waals surface area contributed by atoms with E-state index in [1.54, 1.807) is 15.9 Å². The first-order valence-corrected chi connectivity index (χ1v) is 11.2. The molecule has 0 saturated carbocycles. The summed E-state index contributed by atoms with van der Waals surface area (Å²) in [5, 5.41) is 3.63. The van der Waals surface area contributed by atoms with Crippen LogP contribution in [0.2, 0.25) is 0 Å². The fourth-order valence-corrected chi connectivity index (χ4v) is 5.49. The van der Waals surface area contributed by atoms with Crippen LogP contribution in [0.4, 0.5) is 5.69 Å². The fraction of sp³-hybridized carbons (Fsp3) is 0.435. The smallest absolute Gasteiger partial charge is 0.263 e. The lowest BCUT2D eigenvalue weighted by molar-refractivity contribution is -0.116. The van der Waals surface area contributed by atoms with E-state index in [4.69, 9.17) is 4.98 Å². The summed E-state index contributed by atoms with van der Waals surface area (Å²) in [7, 11) is 3.88. The quantitative estimate of drug-likeness (QED) is 0.680. The summed E-state index contributed by atoms with van der Waals surface area (Å²) in [6, 6.07) is 7.65. The van der Waals surface area contributed by atoms with Gasteiger partial charge in [-0.25, -0.2) is 4.98 Å². The van der Waals surface area contributed by atoms with Gasteiger partial charge in [0.1, 0.15) is 17.2 Å². The number of nitrogens with one attached hydrogen (secondary N) is 1. The van der Waals surface area contributed by atoms with Crippen LogP contribution < -0.4 is 10.9 Å². The Morgan fingerprint density at radius 3 is 2.90 bits per heavy atom. The van der Waals surface area contributed by atoms with Crippen LogP contribution in [0.5, 0.6) is 0 Å². The molecule has 0 fully saturated rings. The Labute approximate surface area is 180 Å². The van der Waals surface area contributed by atoms with Crippen LogP contribution in [-0.4, -0.2) is 34.5 Å². The molecule has 2 aromatic heterocycles. The summed E-state index contributed by atoms with van der Waals surface area (Å²) < 4.78 is 1.55. The molecular weight excluding hydrogens is 396 g/mol. The van der Waals surface area contributed by atoms with E-state index in [9.17, 15) is 9.59 Å². The van der Waals surface area contributed by atoms with Gasteiger partial charge in [0.25, 0.3) is 5.56 Å². The number of rotatable bonds is 5. The maximum Gasteiger partial charge on any atom is 0.263 e. The van der Waals surface area contributed by atoms with E-state index in [1.807, 2.05) is 50.2 Å². The van der Waals surface area contributed by atoms with Gasteiger partial charge in [0, 0.05) is 10.6 Å². The van der Waals surface area contributed by atoms with Gasteiger partial charge >= 0.3 is 0 Å². The highest BCUT2D eigenvalue weighted by atomic mass is 32.1. The molecule has 1 aliphatic rings. The third-order valence-corrected chi connectivity index (χ3v) is 6.70. The number of fused-ring (bicyclic) bond motifs is 3. The van der Waals surface area contributed by atoms with E-state index in [1.165, 1.54) is 4.88 Å². The molecule has 1 amide bonds. The third kappa shape index (κ3) is 4.18.